The maximum Gasteiger partial charge on any atom is 0.128 e. The summed E-state index contributed by atoms with van der Waals surface area (Å²) in [5.41, 5.74) is 12.0. The number of pyridine rings is 1. The zero-order chi connectivity index (χ0) is 33.2. The summed E-state index contributed by atoms with van der Waals surface area (Å²) >= 11 is 0. The summed E-state index contributed by atoms with van der Waals surface area (Å²) in [5.74, 6) is 0.801. The molecule has 0 radical (unpaired) electrons. The molecular weight excluding hydrogens is 572 g/mol. The van der Waals surface area contributed by atoms with Crippen molar-refractivity contribution in [3.63, 3.8) is 0 Å². The smallest absolute Gasteiger partial charge is 0.128 e. The molecule has 6 rings (SSSR count). The number of ether oxygens (including phenoxy) is 1. The second-order valence-electron chi connectivity index (χ2n) is 14.2. The van der Waals surface area contributed by atoms with Crippen LogP contribution in [-0.4, -0.2) is 12.1 Å². The molecule has 0 saturated carbocycles. The van der Waals surface area contributed by atoms with Gasteiger partial charge >= 0.3 is 0 Å². The summed E-state index contributed by atoms with van der Waals surface area (Å²) in [4.78, 5) is 7.59. The lowest BCUT2D eigenvalue weighted by Gasteiger charge is -2.26. The Balaban J connectivity index is 1.57. The van der Waals surface area contributed by atoms with Gasteiger partial charge in [0.1, 0.15) is 5.75 Å². The molecule has 3 nitrogen and oxygen atoms in total. The van der Waals surface area contributed by atoms with Crippen LogP contribution < -0.4 is 9.64 Å². The highest BCUT2D eigenvalue weighted by atomic mass is 16.5. The van der Waals surface area contributed by atoms with Crippen LogP contribution in [0.15, 0.2) is 140 Å². The lowest BCUT2D eigenvalue weighted by molar-refractivity contribution is 0.416. The Labute approximate surface area is 280 Å². The number of hydrogen-bond acceptors (Lipinski definition) is 3. The normalized spacial score (nSPS) is 11.7. The maximum absolute atomic E-state index is 5.82. The Kier molecular flexibility index (Phi) is 8.75. The fourth-order valence-corrected chi connectivity index (χ4v) is 5.91. The van der Waals surface area contributed by atoms with E-state index in [1.165, 1.54) is 16.7 Å². The number of rotatable bonds is 7. The van der Waals surface area contributed by atoms with Crippen LogP contribution in [0.25, 0.3) is 33.6 Å². The molecule has 0 atom stereocenters. The summed E-state index contributed by atoms with van der Waals surface area (Å²) in [5, 5.41) is 0. The molecule has 1 heterocycles. The van der Waals surface area contributed by atoms with Crippen LogP contribution in [-0.2, 0) is 10.8 Å². The average molecular weight is 617 g/mol. The van der Waals surface area contributed by atoms with Crippen LogP contribution in [0.4, 0.5) is 17.1 Å². The zero-order valence-corrected chi connectivity index (χ0v) is 28.6. The van der Waals surface area contributed by atoms with Gasteiger partial charge in [0.25, 0.3) is 0 Å². The first-order valence-electron chi connectivity index (χ1n) is 16.3. The molecule has 0 aliphatic carbocycles. The highest BCUT2D eigenvalue weighted by Gasteiger charge is 2.22. The number of hydrogen-bond donors (Lipinski definition) is 0. The standard InChI is InChI=1S/C44H44N2O/c1-43(2,3)34-25-32(26-35(30-34)44(4,5)6)33-28-40(45-41(29-33)39-23-14-15-24-42(39)47-7)31-17-16-22-38(27-31)46(36-18-10-8-11-19-36)37-20-12-9-13-21-37/h8-30H,1-7H3. The Hall–Kier alpha value is -5.15. The first-order valence-corrected chi connectivity index (χ1v) is 16.3. The quantitative estimate of drug-likeness (QED) is 0.178. The van der Waals surface area contributed by atoms with E-state index in [2.05, 4.69) is 168 Å². The average Bonchev–Trinajstić information content (AvgIpc) is 3.08. The van der Waals surface area contributed by atoms with Gasteiger partial charge in [0.15, 0.2) is 0 Å². The minimum absolute atomic E-state index is 0.00399. The van der Waals surface area contributed by atoms with Crippen molar-refractivity contribution in [2.75, 3.05) is 12.0 Å². The van der Waals surface area contributed by atoms with Crippen molar-refractivity contribution < 1.29 is 4.74 Å². The molecule has 3 heteroatoms. The van der Waals surface area contributed by atoms with Crippen molar-refractivity contribution in [3.05, 3.63) is 151 Å². The second kappa shape index (κ2) is 12.9. The van der Waals surface area contributed by atoms with E-state index in [0.29, 0.717) is 0 Å². The lowest BCUT2D eigenvalue weighted by Crippen LogP contribution is -2.16. The number of nitrogens with zero attached hydrogens (tertiary/aromatic N) is 2. The highest BCUT2D eigenvalue weighted by molar-refractivity contribution is 5.82. The van der Waals surface area contributed by atoms with E-state index >= 15 is 0 Å². The molecule has 236 valence electrons. The topological polar surface area (TPSA) is 25.4 Å². The first-order chi connectivity index (χ1) is 22.5. The van der Waals surface area contributed by atoms with Gasteiger partial charge in [-0.2, -0.15) is 0 Å². The molecule has 0 spiro atoms. The van der Waals surface area contributed by atoms with Crippen LogP contribution in [0.5, 0.6) is 5.75 Å². The van der Waals surface area contributed by atoms with E-state index in [1.54, 1.807) is 7.11 Å². The molecule has 0 amide bonds. The summed E-state index contributed by atoms with van der Waals surface area (Å²) in [6.45, 7) is 13.7. The molecule has 0 bridgehead atoms. The van der Waals surface area contributed by atoms with Crippen LogP contribution in [0, 0.1) is 0 Å². The molecule has 0 aliphatic heterocycles. The molecule has 0 aliphatic rings. The lowest BCUT2D eigenvalue weighted by atomic mass is 9.79. The van der Waals surface area contributed by atoms with Gasteiger partial charge in [0.2, 0.25) is 0 Å². The fraction of sp³-hybridized carbons (Fsp3) is 0.205. The van der Waals surface area contributed by atoms with Gasteiger partial charge in [-0.1, -0.05) is 120 Å². The largest absolute Gasteiger partial charge is 0.496 e. The number of para-hydroxylation sites is 3. The van der Waals surface area contributed by atoms with Crippen LogP contribution in [0.1, 0.15) is 52.7 Å². The predicted molar refractivity (Wildman–Crippen MR) is 199 cm³/mol. The molecule has 0 fully saturated rings. The molecular formula is C44H44N2O. The maximum atomic E-state index is 5.82. The summed E-state index contributed by atoms with van der Waals surface area (Å²) < 4.78 is 5.82. The summed E-state index contributed by atoms with van der Waals surface area (Å²) in [6.07, 6.45) is 0. The van der Waals surface area contributed by atoms with Gasteiger partial charge in [-0.25, -0.2) is 4.98 Å². The Morgan fingerprint density at radius 1 is 0.468 bits per heavy atom. The SMILES string of the molecule is COc1ccccc1-c1cc(-c2cc(C(C)(C)C)cc(C(C)(C)C)c2)cc(-c2cccc(N(c3ccccc3)c3ccccc3)c2)n1. The van der Waals surface area contributed by atoms with Gasteiger partial charge in [-0.15, -0.1) is 0 Å². The fourth-order valence-electron chi connectivity index (χ4n) is 5.91. The van der Waals surface area contributed by atoms with Crippen molar-refractivity contribution in [2.45, 2.75) is 52.4 Å². The minimum atomic E-state index is 0.00399. The van der Waals surface area contributed by atoms with Crippen molar-refractivity contribution in [2.24, 2.45) is 0 Å². The Morgan fingerprint density at radius 2 is 0.979 bits per heavy atom. The zero-order valence-electron chi connectivity index (χ0n) is 28.6. The molecule has 1 aromatic heterocycles. The monoisotopic (exact) mass is 616 g/mol. The molecule has 0 unspecified atom stereocenters. The summed E-state index contributed by atoms with van der Waals surface area (Å²) in [6, 6.07) is 49.3. The number of aromatic nitrogens is 1. The molecule has 0 N–H and O–H groups in total. The highest BCUT2D eigenvalue weighted by Crippen LogP contribution is 2.40. The molecule has 47 heavy (non-hydrogen) atoms. The van der Waals surface area contributed by atoms with Crippen LogP contribution >= 0.6 is 0 Å². The molecule has 0 saturated heterocycles. The number of benzene rings is 5. The third kappa shape index (κ3) is 7.00. The van der Waals surface area contributed by atoms with Gasteiger partial charge < -0.3 is 9.64 Å². The predicted octanol–water partition coefficient (Wildman–Crippen LogP) is 12.2. The van der Waals surface area contributed by atoms with Crippen molar-refractivity contribution >= 4 is 17.1 Å². The Morgan fingerprint density at radius 3 is 1.55 bits per heavy atom. The Bertz CT molecular complexity index is 1910. The van der Waals surface area contributed by atoms with Crippen LogP contribution in [0.2, 0.25) is 0 Å². The minimum Gasteiger partial charge on any atom is -0.496 e. The van der Waals surface area contributed by atoms with E-state index in [4.69, 9.17) is 9.72 Å². The third-order valence-corrected chi connectivity index (χ3v) is 8.64. The van der Waals surface area contributed by atoms with Crippen molar-refractivity contribution in [1.82, 2.24) is 4.98 Å². The van der Waals surface area contributed by atoms with Gasteiger partial charge in [-0.05, 0) is 93.7 Å². The van der Waals surface area contributed by atoms with E-state index in [9.17, 15) is 0 Å². The van der Waals surface area contributed by atoms with Gasteiger partial charge in [0.05, 0.1) is 18.5 Å². The number of anilines is 3. The summed E-state index contributed by atoms with van der Waals surface area (Å²) in [7, 11) is 1.72. The van der Waals surface area contributed by atoms with Gasteiger partial charge in [-0.3, -0.25) is 0 Å². The van der Waals surface area contributed by atoms with E-state index in [-0.39, 0.29) is 10.8 Å². The first kappa shape index (κ1) is 31.8. The van der Waals surface area contributed by atoms with Crippen LogP contribution in [0.3, 0.4) is 0 Å². The van der Waals surface area contributed by atoms with E-state index in [1.807, 2.05) is 18.2 Å². The van der Waals surface area contributed by atoms with Gasteiger partial charge in [0, 0.05) is 28.2 Å². The molecule has 5 aromatic carbocycles. The third-order valence-electron chi connectivity index (χ3n) is 8.64. The van der Waals surface area contributed by atoms with Crippen molar-refractivity contribution in [3.8, 4) is 39.4 Å². The second-order valence-corrected chi connectivity index (χ2v) is 14.2. The number of methoxy groups -OCH3 is 1. The van der Waals surface area contributed by atoms with E-state index in [0.717, 1.165) is 50.9 Å². The molecule has 6 aromatic rings. The van der Waals surface area contributed by atoms with Crippen molar-refractivity contribution in [1.29, 1.82) is 0 Å². The van der Waals surface area contributed by atoms with E-state index < -0.39 is 0 Å².